The van der Waals surface area contributed by atoms with Gasteiger partial charge in [-0.25, -0.2) is 4.79 Å². The van der Waals surface area contributed by atoms with Crippen LogP contribution in [-0.4, -0.2) is 28.9 Å². The highest BCUT2D eigenvalue weighted by atomic mass is 16.3. The van der Waals surface area contributed by atoms with Crippen molar-refractivity contribution in [2.45, 2.75) is 32.7 Å². The van der Waals surface area contributed by atoms with E-state index in [1.165, 1.54) is 0 Å². The third-order valence-electron chi connectivity index (χ3n) is 4.39. The quantitative estimate of drug-likeness (QED) is 0.838. The Morgan fingerprint density at radius 3 is 2.45 bits per heavy atom. The Balaban J connectivity index is 2.11. The number of carbonyl (C=O) groups is 2. The molecule has 1 aromatic carbocycles. The molecule has 5 heteroatoms. The smallest absolute Gasteiger partial charge is 0.322 e. The molecule has 116 valence electrons. The number of amides is 2. The van der Waals surface area contributed by atoms with Crippen LogP contribution in [0, 0.1) is 5.41 Å². The molecule has 1 atom stereocenters. The van der Waals surface area contributed by atoms with E-state index in [1.54, 1.807) is 36.2 Å². The van der Waals surface area contributed by atoms with Gasteiger partial charge in [0.2, 0.25) is 0 Å². The van der Waals surface area contributed by atoms with Crippen LogP contribution in [0.2, 0.25) is 0 Å². The molecular formula is C17H20N2O3. The minimum Gasteiger partial charge on any atom is -0.508 e. The molecule has 0 spiro atoms. The van der Waals surface area contributed by atoms with Crippen LogP contribution in [0.4, 0.5) is 4.79 Å². The molecule has 0 bridgehead atoms. The highest BCUT2D eigenvalue weighted by molar-refractivity contribution is 6.01. The summed E-state index contributed by atoms with van der Waals surface area (Å²) in [5, 5.41) is 12.3. The SMILES string of the molecule is CN1C(=O)NC(c2ccc(O)cc2)C2=C1CC(C)(C)CC2=O. The fourth-order valence-corrected chi connectivity index (χ4v) is 3.26. The van der Waals surface area contributed by atoms with Gasteiger partial charge in [-0.05, 0) is 29.5 Å². The van der Waals surface area contributed by atoms with Crippen molar-refractivity contribution < 1.29 is 14.7 Å². The summed E-state index contributed by atoms with van der Waals surface area (Å²) in [4.78, 5) is 26.4. The Kier molecular flexibility index (Phi) is 3.24. The summed E-state index contributed by atoms with van der Waals surface area (Å²) < 4.78 is 0. The third kappa shape index (κ3) is 2.36. The first-order chi connectivity index (χ1) is 10.3. The van der Waals surface area contributed by atoms with Crippen molar-refractivity contribution in [2.75, 3.05) is 7.05 Å². The van der Waals surface area contributed by atoms with Gasteiger partial charge in [0.1, 0.15) is 5.75 Å². The third-order valence-corrected chi connectivity index (χ3v) is 4.39. The zero-order valence-electron chi connectivity index (χ0n) is 13.0. The number of ketones is 1. The topological polar surface area (TPSA) is 69.6 Å². The number of urea groups is 1. The molecule has 1 aromatic rings. The van der Waals surface area contributed by atoms with Crippen molar-refractivity contribution in [1.82, 2.24) is 10.2 Å². The number of phenols is 1. The van der Waals surface area contributed by atoms with Crippen molar-refractivity contribution in [3.63, 3.8) is 0 Å². The van der Waals surface area contributed by atoms with E-state index >= 15 is 0 Å². The van der Waals surface area contributed by atoms with Gasteiger partial charge in [0.05, 0.1) is 6.04 Å². The van der Waals surface area contributed by atoms with Gasteiger partial charge in [-0.3, -0.25) is 4.79 Å². The summed E-state index contributed by atoms with van der Waals surface area (Å²) in [7, 11) is 1.70. The lowest BCUT2D eigenvalue weighted by molar-refractivity contribution is -0.118. The lowest BCUT2D eigenvalue weighted by Gasteiger charge is -2.42. The van der Waals surface area contributed by atoms with Crippen molar-refractivity contribution >= 4 is 11.8 Å². The Morgan fingerprint density at radius 2 is 1.82 bits per heavy atom. The van der Waals surface area contributed by atoms with Crippen molar-refractivity contribution in [1.29, 1.82) is 0 Å². The summed E-state index contributed by atoms with van der Waals surface area (Å²) in [6, 6.07) is 5.96. The summed E-state index contributed by atoms with van der Waals surface area (Å²) in [6.45, 7) is 4.09. The molecule has 2 amide bonds. The van der Waals surface area contributed by atoms with Crippen LogP contribution < -0.4 is 5.32 Å². The molecule has 1 aliphatic heterocycles. The van der Waals surface area contributed by atoms with Crippen LogP contribution in [0.5, 0.6) is 5.75 Å². The fraction of sp³-hybridized carbons (Fsp3) is 0.412. The Morgan fingerprint density at radius 1 is 1.18 bits per heavy atom. The van der Waals surface area contributed by atoms with E-state index in [-0.39, 0.29) is 23.0 Å². The van der Waals surface area contributed by atoms with Gasteiger partial charge in [0.25, 0.3) is 0 Å². The molecular weight excluding hydrogens is 280 g/mol. The van der Waals surface area contributed by atoms with E-state index in [4.69, 9.17) is 0 Å². The number of Topliss-reactive ketones (excluding diaryl/α,β-unsaturated/α-hetero) is 1. The molecule has 0 saturated heterocycles. The Hall–Kier alpha value is -2.30. The largest absolute Gasteiger partial charge is 0.508 e. The number of allylic oxidation sites excluding steroid dienone is 1. The van der Waals surface area contributed by atoms with Crippen LogP contribution in [0.3, 0.4) is 0 Å². The number of hydrogen-bond acceptors (Lipinski definition) is 3. The summed E-state index contributed by atoms with van der Waals surface area (Å²) >= 11 is 0. The monoisotopic (exact) mass is 300 g/mol. The van der Waals surface area contributed by atoms with E-state index in [9.17, 15) is 14.7 Å². The van der Waals surface area contributed by atoms with Gasteiger partial charge in [-0.15, -0.1) is 0 Å². The molecule has 0 saturated carbocycles. The number of nitrogens with zero attached hydrogens (tertiary/aromatic N) is 1. The molecule has 22 heavy (non-hydrogen) atoms. The van der Waals surface area contributed by atoms with E-state index in [2.05, 4.69) is 5.32 Å². The molecule has 0 aromatic heterocycles. The zero-order chi connectivity index (χ0) is 16.1. The maximum absolute atomic E-state index is 12.7. The second-order valence-electron chi connectivity index (χ2n) is 6.83. The number of benzene rings is 1. The molecule has 2 N–H and O–H groups in total. The van der Waals surface area contributed by atoms with Crippen LogP contribution in [0.1, 0.15) is 38.3 Å². The first-order valence-electron chi connectivity index (χ1n) is 7.38. The van der Waals surface area contributed by atoms with Gasteiger partial charge in [-0.2, -0.15) is 0 Å². The lowest BCUT2D eigenvalue weighted by atomic mass is 9.72. The van der Waals surface area contributed by atoms with Crippen molar-refractivity contribution in [3.05, 3.63) is 41.1 Å². The second kappa shape index (κ2) is 4.87. The average Bonchev–Trinajstić information content (AvgIpc) is 2.43. The average molecular weight is 300 g/mol. The number of hydrogen-bond donors (Lipinski definition) is 2. The van der Waals surface area contributed by atoms with Gasteiger partial charge >= 0.3 is 6.03 Å². The number of rotatable bonds is 1. The van der Waals surface area contributed by atoms with E-state index in [1.807, 2.05) is 13.8 Å². The molecule has 2 aliphatic rings. The van der Waals surface area contributed by atoms with E-state index in [0.717, 1.165) is 11.3 Å². The van der Waals surface area contributed by atoms with Crippen LogP contribution in [-0.2, 0) is 4.79 Å². The molecule has 5 nitrogen and oxygen atoms in total. The van der Waals surface area contributed by atoms with Gasteiger partial charge in [0, 0.05) is 24.7 Å². The van der Waals surface area contributed by atoms with E-state index in [0.29, 0.717) is 18.4 Å². The number of aromatic hydroxyl groups is 1. The molecule has 1 unspecified atom stereocenters. The number of carbonyl (C=O) groups excluding carboxylic acids is 2. The molecule has 3 rings (SSSR count). The predicted molar refractivity (Wildman–Crippen MR) is 82.2 cm³/mol. The van der Waals surface area contributed by atoms with Gasteiger partial charge in [-0.1, -0.05) is 26.0 Å². The summed E-state index contributed by atoms with van der Waals surface area (Å²) in [5.74, 6) is 0.240. The summed E-state index contributed by atoms with van der Waals surface area (Å²) in [5.41, 5.74) is 2.15. The Bertz CT molecular complexity index is 674. The van der Waals surface area contributed by atoms with Crippen LogP contribution in [0.25, 0.3) is 0 Å². The van der Waals surface area contributed by atoms with Crippen LogP contribution in [0.15, 0.2) is 35.5 Å². The standard InChI is InChI=1S/C17H20N2O3/c1-17(2)8-12-14(13(21)9-17)15(18-16(22)19(12)3)10-4-6-11(20)7-5-10/h4-7,15,20H,8-9H2,1-3H3,(H,18,22). The molecule has 1 heterocycles. The Labute approximate surface area is 129 Å². The zero-order valence-corrected chi connectivity index (χ0v) is 13.0. The first-order valence-corrected chi connectivity index (χ1v) is 7.38. The fourth-order valence-electron chi connectivity index (χ4n) is 3.26. The maximum atomic E-state index is 12.7. The van der Waals surface area contributed by atoms with Crippen molar-refractivity contribution in [3.8, 4) is 5.75 Å². The molecule has 1 aliphatic carbocycles. The highest BCUT2D eigenvalue weighted by Crippen LogP contribution is 2.43. The normalized spacial score (nSPS) is 24.1. The summed E-state index contributed by atoms with van der Waals surface area (Å²) in [6.07, 6.45) is 1.18. The predicted octanol–water partition coefficient (Wildman–Crippen LogP) is 2.73. The van der Waals surface area contributed by atoms with E-state index < -0.39 is 6.04 Å². The van der Waals surface area contributed by atoms with Crippen LogP contribution >= 0.6 is 0 Å². The number of nitrogens with one attached hydrogen (secondary N) is 1. The van der Waals surface area contributed by atoms with Gasteiger partial charge < -0.3 is 15.3 Å². The first kappa shape index (κ1) is 14.6. The maximum Gasteiger partial charge on any atom is 0.322 e. The number of phenolic OH excluding ortho intramolecular Hbond substituents is 1. The minimum absolute atomic E-state index is 0.0798. The van der Waals surface area contributed by atoms with Crippen molar-refractivity contribution in [2.24, 2.45) is 5.41 Å². The molecule has 0 radical (unpaired) electrons. The highest BCUT2D eigenvalue weighted by Gasteiger charge is 2.42. The second-order valence-corrected chi connectivity index (χ2v) is 6.83. The lowest BCUT2D eigenvalue weighted by Crippen LogP contribution is -2.49. The van der Waals surface area contributed by atoms with Gasteiger partial charge in [0.15, 0.2) is 5.78 Å². The molecule has 0 fully saturated rings. The minimum atomic E-state index is -0.442.